The minimum atomic E-state index is -0.334. The summed E-state index contributed by atoms with van der Waals surface area (Å²) in [5, 5.41) is 0.348. The number of ether oxygens (including phenoxy) is 1. The molecule has 0 saturated carbocycles. The predicted molar refractivity (Wildman–Crippen MR) is 118 cm³/mol. The zero-order chi connectivity index (χ0) is 21.4. The number of rotatable bonds is 4. The lowest BCUT2D eigenvalue weighted by atomic mass is 10.0. The monoisotopic (exact) mass is 425 g/mol. The molecular weight excluding hydrogens is 402 g/mol. The first-order valence-electron chi connectivity index (χ1n) is 9.88. The zero-order valence-electron chi connectivity index (χ0n) is 17.3. The number of amides is 2. The number of imide groups is 1. The summed E-state index contributed by atoms with van der Waals surface area (Å²) in [5.41, 5.74) is 3.18. The number of carbonyl (C=O) groups is 2. The molecule has 1 saturated heterocycles. The molecule has 0 unspecified atom stereocenters. The van der Waals surface area contributed by atoms with Gasteiger partial charge < -0.3 is 14.5 Å². The van der Waals surface area contributed by atoms with Crippen LogP contribution in [0.5, 0.6) is 5.75 Å². The van der Waals surface area contributed by atoms with Crippen LogP contribution in [0.15, 0.2) is 48.2 Å². The number of hydrogen-bond acceptors (Lipinski definition) is 5. The number of halogens is 1. The lowest BCUT2D eigenvalue weighted by molar-refractivity contribution is -0.120. The third-order valence-corrected chi connectivity index (χ3v) is 5.91. The highest BCUT2D eigenvalue weighted by atomic mass is 35.5. The Morgan fingerprint density at radius 3 is 2.20 bits per heavy atom. The third kappa shape index (κ3) is 3.57. The van der Waals surface area contributed by atoms with Gasteiger partial charge >= 0.3 is 0 Å². The minimum Gasteiger partial charge on any atom is -0.495 e. The molecule has 2 heterocycles. The largest absolute Gasteiger partial charge is 0.495 e. The van der Waals surface area contributed by atoms with Gasteiger partial charge in [0.15, 0.2) is 0 Å². The van der Waals surface area contributed by atoms with Gasteiger partial charge in [-0.2, -0.15) is 0 Å². The van der Waals surface area contributed by atoms with Crippen molar-refractivity contribution in [3.63, 3.8) is 0 Å². The number of methoxy groups -OCH3 is 1. The van der Waals surface area contributed by atoms with E-state index in [1.165, 1.54) is 12.0 Å². The van der Waals surface area contributed by atoms with Gasteiger partial charge in [0.2, 0.25) is 0 Å². The number of aryl methyl sites for hydroxylation is 1. The summed E-state index contributed by atoms with van der Waals surface area (Å²) in [6, 6.07) is 12.6. The Bertz CT molecular complexity index is 1020. The summed E-state index contributed by atoms with van der Waals surface area (Å²) in [5.74, 6) is -0.161. The lowest BCUT2D eigenvalue weighted by Crippen LogP contribution is -2.46. The van der Waals surface area contributed by atoms with Crippen molar-refractivity contribution in [1.29, 1.82) is 0 Å². The second kappa shape index (κ2) is 8.13. The first-order chi connectivity index (χ1) is 14.4. The molecular formula is C23H24ClN3O3. The summed E-state index contributed by atoms with van der Waals surface area (Å²) in [7, 11) is 3.58. The minimum absolute atomic E-state index is 0.318. The molecule has 30 heavy (non-hydrogen) atoms. The molecule has 2 aliphatic rings. The predicted octanol–water partition coefficient (Wildman–Crippen LogP) is 3.19. The van der Waals surface area contributed by atoms with Crippen LogP contribution in [0.25, 0.3) is 5.57 Å². The number of piperazine rings is 1. The van der Waals surface area contributed by atoms with E-state index in [0.29, 0.717) is 40.8 Å². The number of carbonyl (C=O) groups excluding carboxylic acids is 2. The zero-order valence-corrected chi connectivity index (χ0v) is 18.1. The molecule has 0 radical (unpaired) electrons. The Hall–Kier alpha value is -2.83. The highest BCUT2D eigenvalue weighted by molar-refractivity contribution is 6.45. The molecule has 6 nitrogen and oxygen atoms in total. The van der Waals surface area contributed by atoms with E-state index in [0.717, 1.165) is 24.2 Å². The quantitative estimate of drug-likeness (QED) is 0.704. The molecule has 7 heteroatoms. The molecule has 0 aliphatic carbocycles. The van der Waals surface area contributed by atoms with Crippen molar-refractivity contribution >= 4 is 34.7 Å². The van der Waals surface area contributed by atoms with Gasteiger partial charge in [-0.05, 0) is 37.7 Å². The van der Waals surface area contributed by atoms with Crippen molar-refractivity contribution in [2.45, 2.75) is 6.92 Å². The average Bonchev–Trinajstić information content (AvgIpc) is 2.99. The molecule has 0 bridgehead atoms. The molecule has 0 N–H and O–H groups in total. The summed E-state index contributed by atoms with van der Waals surface area (Å²) in [6.07, 6.45) is 0. The Morgan fingerprint density at radius 1 is 0.933 bits per heavy atom. The molecule has 2 aromatic rings. The van der Waals surface area contributed by atoms with Crippen molar-refractivity contribution in [3.05, 3.63) is 64.3 Å². The van der Waals surface area contributed by atoms with E-state index in [1.54, 1.807) is 18.2 Å². The second-order valence-corrected chi connectivity index (χ2v) is 8.05. The topological polar surface area (TPSA) is 53.1 Å². The Labute approximate surface area is 181 Å². The fourth-order valence-corrected chi connectivity index (χ4v) is 4.10. The van der Waals surface area contributed by atoms with E-state index in [1.807, 2.05) is 36.1 Å². The highest BCUT2D eigenvalue weighted by Crippen LogP contribution is 2.37. The van der Waals surface area contributed by atoms with Crippen LogP contribution in [-0.2, 0) is 9.59 Å². The standard InChI is InChI=1S/C23H24ClN3O3/c1-15-4-6-16(7-5-15)20-21(26-12-10-25(2)11-13-26)23(29)27(22(20)28)17-8-9-19(30-3)18(24)14-17/h4-9,14H,10-13H2,1-3H3. The van der Waals surface area contributed by atoms with Gasteiger partial charge in [-0.3, -0.25) is 9.59 Å². The van der Waals surface area contributed by atoms with Crippen molar-refractivity contribution in [2.75, 3.05) is 45.2 Å². The van der Waals surface area contributed by atoms with Crippen LogP contribution in [0, 0.1) is 6.92 Å². The normalized spacial score (nSPS) is 17.9. The molecule has 4 rings (SSSR count). The molecule has 0 aromatic heterocycles. The number of benzene rings is 2. The van der Waals surface area contributed by atoms with Crippen LogP contribution in [0.2, 0.25) is 5.02 Å². The van der Waals surface area contributed by atoms with Crippen LogP contribution in [0.4, 0.5) is 5.69 Å². The third-order valence-electron chi connectivity index (χ3n) is 5.61. The van der Waals surface area contributed by atoms with Crippen LogP contribution in [-0.4, -0.2) is 62.0 Å². The second-order valence-electron chi connectivity index (χ2n) is 7.64. The molecule has 2 aromatic carbocycles. The molecule has 1 fully saturated rings. The van der Waals surface area contributed by atoms with E-state index in [2.05, 4.69) is 11.9 Å². The molecule has 0 spiro atoms. The van der Waals surface area contributed by atoms with E-state index >= 15 is 0 Å². The summed E-state index contributed by atoms with van der Waals surface area (Å²) in [4.78, 5) is 32.5. The van der Waals surface area contributed by atoms with Gasteiger partial charge in [0.25, 0.3) is 11.8 Å². The van der Waals surface area contributed by atoms with Crippen LogP contribution in [0.1, 0.15) is 11.1 Å². The fourth-order valence-electron chi connectivity index (χ4n) is 3.85. The van der Waals surface area contributed by atoms with Crippen molar-refractivity contribution in [3.8, 4) is 5.75 Å². The molecule has 0 atom stereocenters. The molecule has 156 valence electrons. The first-order valence-corrected chi connectivity index (χ1v) is 10.3. The smallest absolute Gasteiger partial charge is 0.282 e. The van der Waals surface area contributed by atoms with Crippen LogP contribution >= 0.6 is 11.6 Å². The van der Waals surface area contributed by atoms with E-state index in [-0.39, 0.29) is 11.8 Å². The van der Waals surface area contributed by atoms with Crippen LogP contribution < -0.4 is 9.64 Å². The lowest BCUT2D eigenvalue weighted by Gasteiger charge is -2.34. The van der Waals surface area contributed by atoms with Gasteiger partial charge in [-0.1, -0.05) is 41.4 Å². The Kier molecular flexibility index (Phi) is 5.54. The van der Waals surface area contributed by atoms with Crippen molar-refractivity contribution in [2.24, 2.45) is 0 Å². The Balaban J connectivity index is 1.79. The first kappa shape index (κ1) is 20.4. The van der Waals surface area contributed by atoms with E-state index < -0.39 is 0 Å². The number of anilines is 1. The number of nitrogens with zero attached hydrogens (tertiary/aromatic N) is 3. The fraction of sp³-hybridized carbons (Fsp3) is 0.304. The number of hydrogen-bond donors (Lipinski definition) is 0. The van der Waals surface area contributed by atoms with Crippen molar-refractivity contribution < 1.29 is 14.3 Å². The van der Waals surface area contributed by atoms with Gasteiger partial charge in [-0.25, -0.2) is 4.90 Å². The maximum atomic E-state index is 13.5. The molecule has 2 aliphatic heterocycles. The highest BCUT2D eigenvalue weighted by Gasteiger charge is 2.43. The van der Waals surface area contributed by atoms with Crippen LogP contribution in [0.3, 0.4) is 0 Å². The Morgan fingerprint density at radius 2 is 1.60 bits per heavy atom. The molecule has 2 amide bonds. The van der Waals surface area contributed by atoms with Crippen molar-refractivity contribution in [1.82, 2.24) is 9.80 Å². The maximum absolute atomic E-state index is 13.5. The summed E-state index contributed by atoms with van der Waals surface area (Å²) < 4.78 is 5.20. The summed E-state index contributed by atoms with van der Waals surface area (Å²) in [6.45, 7) is 5.04. The number of likely N-dealkylation sites (N-methyl/N-ethyl adjacent to an activating group) is 1. The van der Waals surface area contributed by atoms with Gasteiger partial charge in [0.1, 0.15) is 11.4 Å². The average molecular weight is 426 g/mol. The SMILES string of the molecule is COc1ccc(N2C(=O)C(c3ccc(C)cc3)=C(N3CCN(C)CC3)C2=O)cc1Cl. The van der Waals surface area contributed by atoms with Gasteiger partial charge in [-0.15, -0.1) is 0 Å². The van der Waals surface area contributed by atoms with E-state index in [9.17, 15) is 9.59 Å². The van der Waals surface area contributed by atoms with Gasteiger partial charge in [0, 0.05) is 26.2 Å². The maximum Gasteiger partial charge on any atom is 0.282 e. The van der Waals surface area contributed by atoms with E-state index in [4.69, 9.17) is 16.3 Å². The van der Waals surface area contributed by atoms with Gasteiger partial charge in [0.05, 0.1) is 23.4 Å². The summed E-state index contributed by atoms with van der Waals surface area (Å²) >= 11 is 6.27.